The van der Waals surface area contributed by atoms with Crippen LogP contribution in [0.15, 0.2) is 5.10 Å². The standard InChI is InChI=1S/C12H23N5O7/c1-12(2,3)24-11(21)15-7(8(18)9(19)20)5-4-6-14-10(13)16-17(22)23/h7-8,18H,4-6H2,1-3H3,(H,15,21)(H,19,20)(H3,13,14,16). The predicted molar refractivity (Wildman–Crippen MR) is 82.7 cm³/mol. The third-order valence-electron chi connectivity index (χ3n) is 2.52. The minimum Gasteiger partial charge on any atom is -0.479 e. The molecule has 0 saturated heterocycles. The van der Waals surface area contributed by atoms with E-state index in [1.165, 1.54) is 0 Å². The highest BCUT2D eigenvalue weighted by Crippen LogP contribution is 2.09. The van der Waals surface area contributed by atoms with Crippen molar-refractivity contribution in [2.75, 3.05) is 6.54 Å². The molecule has 1 amide bonds. The summed E-state index contributed by atoms with van der Waals surface area (Å²) < 4.78 is 5.00. The van der Waals surface area contributed by atoms with Crippen molar-refractivity contribution in [2.45, 2.75) is 51.4 Å². The second kappa shape index (κ2) is 9.50. The van der Waals surface area contributed by atoms with Crippen molar-refractivity contribution in [1.82, 2.24) is 10.6 Å². The molecule has 6 N–H and O–H groups in total. The van der Waals surface area contributed by atoms with Gasteiger partial charge in [-0.25, -0.2) is 19.7 Å². The van der Waals surface area contributed by atoms with Gasteiger partial charge in [0, 0.05) is 6.54 Å². The number of hydrazone groups is 1. The summed E-state index contributed by atoms with van der Waals surface area (Å²) in [7, 11) is 0. The number of nitrogens with two attached hydrogens (primary N) is 1. The summed E-state index contributed by atoms with van der Waals surface area (Å²) >= 11 is 0. The predicted octanol–water partition coefficient (Wildman–Crippen LogP) is -0.799. The number of carboxylic acids is 1. The maximum absolute atomic E-state index is 11.7. The summed E-state index contributed by atoms with van der Waals surface area (Å²) in [6, 6.07) is -1.10. The van der Waals surface area contributed by atoms with Crippen molar-refractivity contribution in [2.24, 2.45) is 10.8 Å². The van der Waals surface area contributed by atoms with Crippen molar-refractivity contribution in [1.29, 1.82) is 0 Å². The molecule has 0 rings (SSSR count). The largest absolute Gasteiger partial charge is 0.479 e. The van der Waals surface area contributed by atoms with Gasteiger partial charge >= 0.3 is 12.1 Å². The molecule has 2 atom stereocenters. The Morgan fingerprint density at radius 3 is 2.46 bits per heavy atom. The summed E-state index contributed by atoms with van der Waals surface area (Å²) in [5.74, 6) is -1.91. The van der Waals surface area contributed by atoms with Crippen molar-refractivity contribution in [3.63, 3.8) is 0 Å². The lowest BCUT2D eigenvalue weighted by Gasteiger charge is -2.25. The number of aliphatic hydroxyl groups is 1. The molecule has 0 aliphatic carbocycles. The Balaban J connectivity index is 4.56. The molecule has 0 bridgehead atoms. The lowest BCUT2D eigenvalue weighted by atomic mass is 10.1. The molecule has 138 valence electrons. The number of amides is 1. The lowest BCUT2D eigenvalue weighted by molar-refractivity contribution is -0.485. The molecule has 0 saturated carbocycles. The first kappa shape index (κ1) is 21.4. The van der Waals surface area contributed by atoms with Crippen LogP contribution in [0.25, 0.3) is 0 Å². The second-order valence-corrected chi connectivity index (χ2v) is 5.83. The Morgan fingerprint density at radius 2 is 2.00 bits per heavy atom. The quantitative estimate of drug-likeness (QED) is 0.123. The van der Waals surface area contributed by atoms with E-state index < -0.39 is 40.8 Å². The van der Waals surface area contributed by atoms with Crippen LogP contribution >= 0.6 is 0 Å². The number of nitrogens with zero attached hydrogens (tertiary/aromatic N) is 2. The number of nitrogens with one attached hydrogen (secondary N) is 2. The minimum absolute atomic E-state index is 0.0610. The molecular formula is C12H23N5O7. The summed E-state index contributed by atoms with van der Waals surface area (Å²) in [6.45, 7) is 5.03. The van der Waals surface area contributed by atoms with Crippen LogP contribution in [0.3, 0.4) is 0 Å². The highest BCUT2D eigenvalue weighted by Gasteiger charge is 2.28. The average molecular weight is 349 g/mol. The topological polar surface area (TPSA) is 189 Å². The van der Waals surface area contributed by atoms with Gasteiger partial charge in [-0.1, -0.05) is 0 Å². The molecule has 2 unspecified atom stereocenters. The Morgan fingerprint density at radius 1 is 1.42 bits per heavy atom. The number of alkyl carbamates (subject to hydrolysis) is 1. The number of aliphatic hydroxyl groups excluding tert-OH is 1. The van der Waals surface area contributed by atoms with Crippen molar-refractivity contribution in [3.05, 3.63) is 10.1 Å². The molecule has 0 aromatic carbocycles. The Labute approximate surface area is 138 Å². The maximum atomic E-state index is 11.7. The third-order valence-corrected chi connectivity index (χ3v) is 2.52. The SMILES string of the molecule is CC(C)(C)OC(=O)NC(CCCNC(N)=N[N+](=O)[O-])C(O)C(=O)O. The Kier molecular flexibility index (Phi) is 8.46. The molecule has 0 aliphatic rings. The highest BCUT2D eigenvalue weighted by molar-refractivity contribution is 5.77. The van der Waals surface area contributed by atoms with E-state index in [1.807, 2.05) is 0 Å². The highest BCUT2D eigenvalue weighted by atomic mass is 16.7. The molecule has 0 heterocycles. The maximum Gasteiger partial charge on any atom is 0.407 e. The average Bonchev–Trinajstić information content (AvgIpc) is 2.38. The van der Waals surface area contributed by atoms with E-state index in [-0.39, 0.29) is 19.4 Å². The fourth-order valence-corrected chi connectivity index (χ4v) is 1.60. The van der Waals surface area contributed by atoms with Gasteiger partial charge in [-0.05, 0) is 33.6 Å². The zero-order chi connectivity index (χ0) is 18.9. The van der Waals surface area contributed by atoms with Gasteiger partial charge < -0.3 is 31.3 Å². The van der Waals surface area contributed by atoms with Crippen LogP contribution in [0.2, 0.25) is 0 Å². The van der Waals surface area contributed by atoms with E-state index in [2.05, 4.69) is 15.7 Å². The molecule has 0 spiro atoms. The number of aliphatic carboxylic acids is 1. The van der Waals surface area contributed by atoms with Crippen LogP contribution in [-0.2, 0) is 9.53 Å². The van der Waals surface area contributed by atoms with Gasteiger partial charge in [-0.3, -0.25) is 0 Å². The molecule has 12 nitrogen and oxygen atoms in total. The van der Waals surface area contributed by atoms with E-state index in [0.717, 1.165) is 0 Å². The van der Waals surface area contributed by atoms with E-state index >= 15 is 0 Å². The van der Waals surface area contributed by atoms with Crippen LogP contribution in [0.1, 0.15) is 33.6 Å². The molecule has 0 radical (unpaired) electrons. The van der Waals surface area contributed by atoms with Crippen LogP contribution < -0.4 is 16.4 Å². The van der Waals surface area contributed by atoms with Crippen LogP contribution in [0.4, 0.5) is 4.79 Å². The molecule has 0 aromatic rings. The van der Waals surface area contributed by atoms with Gasteiger partial charge in [0.25, 0.3) is 5.96 Å². The smallest absolute Gasteiger partial charge is 0.407 e. The second-order valence-electron chi connectivity index (χ2n) is 5.83. The Hall–Kier alpha value is -2.63. The van der Waals surface area contributed by atoms with E-state index in [4.69, 9.17) is 15.6 Å². The summed E-state index contributed by atoms with van der Waals surface area (Å²) in [6.07, 6.45) is -2.39. The first-order valence-electron chi connectivity index (χ1n) is 7.05. The van der Waals surface area contributed by atoms with E-state index in [1.54, 1.807) is 20.8 Å². The molecule has 0 aliphatic heterocycles. The fraction of sp³-hybridized carbons (Fsp3) is 0.750. The first-order chi connectivity index (χ1) is 10.9. The monoisotopic (exact) mass is 349 g/mol. The number of ether oxygens (including phenoxy) is 1. The van der Waals surface area contributed by atoms with Gasteiger partial charge in [0.15, 0.2) is 11.1 Å². The van der Waals surface area contributed by atoms with Crippen molar-refractivity contribution < 1.29 is 29.6 Å². The number of hydrogen-bond donors (Lipinski definition) is 5. The lowest BCUT2D eigenvalue weighted by Crippen LogP contribution is -2.48. The zero-order valence-corrected chi connectivity index (χ0v) is 13.7. The summed E-state index contributed by atoms with van der Waals surface area (Å²) in [5, 5.41) is 35.2. The number of rotatable bonds is 8. The van der Waals surface area contributed by atoms with Crippen molar-refractivity contribution >= 4 is 18.0 Å². The van der Waals surface area contributed by atoms with E-state index in [0.29, 0.717) is 0 Å². The molecular weight excluding hydrogens is 326 g/mol. The number of carboxylic acid groups (broad SMARTS) is 1. The third kappa shape index (κ3) is 10.2. The fourth-order valence-electron chi connectivity index (χ4n) is 1.60. The molecule has 12 heteroatoms. The number of guanidine groups is 1. The van der Waals surface area contributed by atoms with Crippen LogP contribution in [0.5, 0.6) is 0 Å². The number of carbonyl (C=O) groups excluding carboxylic acids is 1. The van der Waals surface area contributed by atoms with Gasteiger partial charge in [0.2, 0.25) is 0 Å². The first-order valence-corrected chi connectivity index (χ1v) is 7.05. The zero-order valence-electron chi connectivity index (χ0n) is 13.7. The van der Waals surface area contributed by atoms with Crippen LogP contribution in [-0.4, -0.2) is 57.6 Å². The van der Waals surface area contributed by atoms with Gasteiger partial charge in [-0.2, -0.15) is 0 Å². The number of hydrogen-bond acceptors (Lipinski definition) is 6. The minimum atomic E-state index is -1.83. The number of nitro groups is 1. The Bertz CT molecular complexity index is 489. The molecule has 0 fully saturated rings. The molecule has 24 heavy (non-hydrogen) atoms. The normalized spacial score (nSPS) is 14.4. The van der Waals surface area contributed by atoms with E-state index in [9.17, 15) is 24.8 Å². The number of carbonyl (C=O) groups is 2. The van der Waals surface area contributed by atoms with Gasteiger partial charge in [-0.15, -0.1) is 0 Å². The van der Waals surface area contributed by atoms with Crippen molar-refractivity contribution in [3.8, 4) is 0 Å². The van der Waals surface area contributed by atoms with Crippen LogP contribution in [0, 0.1) is 10.1 Å². The summed E-state index contributed by atoms with van der Waals surface area (Å²) in [4.78, 5) is 32.7. The summed E-state index contributed by atoms with van der Waals surface area (Å²) in [5.41, 5.74) is 4.43. The molecule has 0 aromatic heterocycles. The van der Waals surface area contributed by atoms with Gasteiger partial charge in [0.05, 0.1) is 6.04 Å². The van der Waals surface area contributed by atoms with Gasteiger partial charge in [0.1, 0.15) is 10.7 Å².